The van der Waals surface area contributed by atoms with Crippen molar-refractivity contribution in [2.45, 2.75) is 18.5 Å². The van der Waals surface area contributed by atoms with Crippen molar-refractivity contribution in [2.24, 2.45) is 0 Å². The zero-order chi connectivity index (χ0) is 17.7. The fraction of sp³-hybridized carbons (Fsp3) is 0.385. The lowest BCUT2D eigenvalue weighted by atomic mass is 10.2. The zero-order valence-corrected chi connectivity index (χ0v) is 12.2. The number of carbonyl (C=O) groups is 6. The largest absolute Gasteiger partial charge is 0.460 e. The lowest BCUT2D eigenvalue weighted by molar-refractivity contribution is -0.142. The number of nitrogens with one attached hydrogen (secondary N) is 3. The van der Waals surface area contributed by atoms with Crippen LogP contribution in [0.25, 0.3) is 0 Å². The summed E-state index contributed by atoms with van der Waals surface area (Å²) in [4.78, 5) is 67.0. The van der Waals surface area contributed by atoms with E-state index in [2.05, 4.69) is 15.4 Å². The molecule has 24 heavy (non-hydrogen) atoms. The summed E-state index contributed by atoms with van der Waals surface area (Å²) >= 11 is 0. The summed E-state index contributed by atoms with van der Waals surface area (Å²) < 4.78 is 9.40. The average molecular weight is 339 g/mol. The monoisotopic (exact) mass is 339 g/mol. The highest BCUT2D eigenvalue weighted by Crippen LogP contribution is 2.03. The van der Waals surface area contributed by atoms with Crippen molar-refractivity contribution in [3.8, 4) is 0 Å². The maximum atomic E-state index is 11.4. The molecule has 0 unspecified atom stereocenters. The van der Waals surface area contributed by atoms with Crippen molar-refractivity contribution in [3.63, 3.8) is 0 Å². The first-order valence-electron chi connectivity index (χ1n) is 6.80. The molecule has 2 aliphatic rings. The number of imide groups is 1. The van der Waals surface area contributed by atoms with Crippen molar-refractivity contribution >= 4 is 35.6 Å². The molecule has 128 valence electrons. The van der Waals surface area contributed by atoms with Gasteiger partial charge in [0.1, 0.15) is 25.3 Å². The number of ketones is 1. The van der Waals surface area contributed by atoms with Crippen molar-refractivity contribution in [3.05, 3.63) is 12.2 Å². The molecule has 0 aromatic heterocycles. The first-order chi connectivity index (χ1) is 11.3. The number of esters is 2. The Morgan fingerprint density at radius 3 is 2.00 bits per heavy atom. The zero-order valence-electron chi connectivity index (χ0n) is 12.2. The molecule has 2 atom stereocenters. The fourth-order valence-corrected chi connectivity index (χ4v) is 1.88. The van der Waals surface area contributed by atoms with Crippen molar-refractivity contribution in [1.82, 2.24) is 16.0 Å². The summed E-state index contributed by atoms with van der Waals surface area (Å²) in [6, 6.07) is -2.56. The summed E-state index contributed by atoms with van der Waals surface area (Å²) in [6.45, 7) is -0.727. The second-order valence-electron chi connectivity index (χ2n) is 4.87. The molecule has 0 radical (unpaired) electrons. The molecule has 2 heterocycles. The van der Waals surface area contributed by atoms with Crippen LogP contribution in [0.1, 0.15) is 6.42 Å². The molecule has 0 bridgehead atoms. The van der Waals surface area contributed by atoms with E-state index in [1.54, 1.807) is 0 Å². The number of hydrogen-bond acceptors (Lipinski definition) is 8. The first-order valence-corrected chi connectivity index (χ1v) is 6.80. The van der Waals surface area contributed by atoms with E-state index in [1.807, 2.05) is 5.32 Å². The van der Waals surface area contributed by atoms with Gasteiger partial charge in [-0.3, -0.25) is 19.7 Å². The minimum absolute atomic E-state index is 0.254. The fourth-order valence-electron chi connectivity index (χ4n) is 1.88. The van der Waals surface area contributed by atoms with Gasteiger partial charge in [0.15, 0.2) is 5.78 Å². The second kappa shape index (κ2) is 7.35. The van der Waals surface area contributed by atoms with Crippen LogP contribution in [0, 0.1) is 0 Å². The first kappa shape index (κ1) is 17.1. The molecule has 0 aromatic rings. The van der Waals surface area contributed by atoms with Crippen LogP contribution in [0.3, 0.4) is 0 Å². The summed E-state index contributed by atoms with van der Waals surface area (Å²) in [7, 11) is 0. The van der Waals surface area contributed by atoms with E-state index in [1.165, 1.54) is 0 Å². The summed E-state index contributed by atoms with van der Waals surface area (Å²) in [6.07, 6.45) is 1.29. The Bertz CT molecular complexity index is 587. The highest BCUT2D eigenvalue weighted by atomic mass is 16.5. The topological polar surface area (TPSA) is 157 Å². The van der Waals surface area contributed by atoms with E-state index in [9.17, 15) is 28.8 Å². The average Bonchev–Trinajstić information content (AvgIpc) is 3.01. The van der Waals surface area contributed by atoms with Crippen LogP contribution in [0.5, 0.6) is 0 Å². The van der Waals surface area contributed by atoms with Crippen molar-refractivity contribution in [2.75, 3.05) is 13.2 Å². The van der Waals surface area contributed by atoms with E-state index >= 15 is 0 Å². The molecule has 11 nitrogen and oxygen atoms in total. The Kier molecular flexibility index (Phi) is 5.24. The van der Waals surface area contributed by atoms with Gasteiger partial charge in [0.2, 0.25) is 5.91 Å². The standard InChI is InChI=1S/C13H13N3O8/c17-8-3-9(18)14-6(8)4-23-10(19)1-2-11(20)24-5-7-12(21)16-13(22)15-7/h1-2,6-7H,3-5H2,(H,14,18)(H2,15,16,21,22)/b2-1+/t6-,7-/m0/s1. The van der Waals surface area contributed by atoms with Crippen molar-refractivity contribution in [1.29, 1.82) is 0 Å². The molecular formula is C13H13N3O8. The third-order valence-electron chi connectivity index (χ3n) is 3.06. The number of ether oxygens (including phenoxy) is 2. The van der Waals surface area contributed by atoms with Gasteiger partial charge < -0.3 is 20.1 Å². The number of Topliss-reactive ketones (excluding diaryl/α,β-unsaturated/α-hetero) is 1. The van der Waals surface area contributed by atoms with Crippen LogP contribution in [-0.4, -0.2) is 60.9 Å². The molecule has 2 saturated heterocycles. The Labute approximate surface area is 134 Å². The highest BCUT2D eigenvalue weighted by molar-refractivity contribution is 6.07. The van der Waals surface area contributed by atoms with Crippen LogP contribution in [0.2, 0.25) is 0 Å². The maximum Gasteiger partial charge on any atom is 0.331 e. The lowest BCUT2D eigenvalue weighted by Gasteiger charge is -2.08. The van der Waals surface area contributed by atoms with Crippen LogP contribution in [0.4, 0.5) is 4.79 Å². The van der Waals surface area contributed by atoms with Gasteiger partial charge in [-0.1, -0.05) is 0 Å². The molecule has 0 aliphatic carbocycles. The lowest BCUT2D eigenvalue weighted by Crippen LogP contribution is -2.34. The second-order valence-corrected chi connectivity index (χ2v) is 4.87. The SMILES string of the molecule is O=C1CC(=O)[C@H](COC(=O)/C=C/C(=O)OC[C@@H]2NC(=O)NC2=O)N1. The van der Waals surface area contributed by atoms with Crippen LogP contribution < -0.4 is 16.0 Å². The molecule has 11 heteroatoms. The molecule has 3 N–H and O–H groups in total. The van der Waals surface area contributed by atoms with Crippen LogP contribution in [-0.2, 0) is 33.4 Å². The molecule has 4 amide bonds. The third-order valence-corrected chi connectivity index (χ3v) is 3.06. The van der Waals surface area contributed by atoms with Gasteiger partial charge in [-0.15, -0.1) is 0 Å². The van der Waals surface area contributed by atoms with Gasteiger partial charge in [0, 0.05) is 12.2 Å². The molecule has 2 fully saturated rings. The number of rotatable bonds is 6. The van der Waals surface area contributed by atoms with E-state index in [0.29, 0.717) is 0 Å². The van der Waals surface area contributed by atoms with Gasteiger partial charge in [0.05, 0.1) is 6.42 Å². The van der Waals surface area contributed by atoms with E-state index in [-0.39, 0.29) is 18.8 Å². The van der Waals surface area contributed by atoms with Gasteiger partial charge in [-0.2, -0.15) is 0 Å². The third kappa shape index (κ3) is 4.63. The van der Waals surface area contributed by atoms with Gasteiger partial charge >= 0.3 is 18.0 Å². The van der Waals surface area contributed by atoms with Gasteiger partial charge in [-0.05, 0) is 0 Å². The van der Waals surface area contributed by atoms with Gasteiger partial charge in [0.25, 0.3) is 5.91 Å². The molecule has 0 aromatic carbocycles. The van der Waals surface area contributed by atoms with E-state index in [0.717, 1.165) is 12.2 Å². The quantitative estimate of drug-likeness (QED) is 0.204. The number of carbonyl (C=O) groups excluding carboxylic acids is 6. The van der Waals surface area contributed by atoms with Crippen molar-refractivity contribution < 1.29 is 38.2 Å². The molecule has 2 aliphatic heterocycles. The minimum atomic E-state index is -0.987. The number of hydrogen-bond donors (Lipinski definition) is 3. The predicted octanol–water partition coefficient (Wildman–Crippen LogP) is -2.71. The number of urea groups is 1. The Morgan fingerprint density at radius 2 is 1.54 bits per heavy atom. The highest BCUT2D eigenvalue weighted by Gasteiger charge is 2.31. The Morgan fingerprint density at radius 1 is 0.958 bits per heavy atom. The predicted molar refractivity (Wildman–Crippen MR) is 73.1 cm³/mol. The van der Waals surface area contributed by atoms with E-state index < -0.39 is 48.5 Å². The number of amides is 4. The van der Waals surface area contributed by atoms with E-state index in [4.69, 9.17) is 4.74 Å². The minimum Gasteiger partial charge on any atom is -0.460 e. The molecular weight excluding hydrogens is 326 g/mol. The van der Waals surface area contributed by atoms with Gasteiger partial charge in [-0.25, -0.2) is 14.4 Å². The normalized spacial score (nSPS) is 23.0. The smallest absolute Gasteiger partial charge is 0.331 e. The summed E-state index contributed by atoms with van der Waals surface area (Å²) in [5.41, 5.74) is 0. The summed E-state index contributed by atoms with van der Waals surface area (Å²) in [5, 5.41) is 6.51. The molecule has 0 spiro atoms. The van der Waals surface area contributed by atoms with Crippen LogP contribution >= 0.6 is 0 Å². The van der Waals surface area contributed by atoms with Crippen LogP contribution in [0.15, 0.2) is 12.2 Å². The molecule has 0 saturated carbocycles. The maximum absolute atomic E-state index is 11.4. The Balaban J connectivity index is 1.68. The summed E-state index contributed by atoms with van der Waals surface area (Å²) in [5.74, 6) is -3.28. The Hall–Kier alpha value is -3.24. The molecule has 2 rings (SSSR count).